The summed E-state index contributed by atoms with van der Waals surface area (Å²) in [6.07, 6.45) is 1.25. The predicted octanol–water partition coefficient (Wildman–Crippen LogP) is 3.51. The van der Waals surface area contributed by atoms with Gasteiger partial charge in [0.2, 0.25) is 5.91 Å². The quantitative estimate of drug-likeness (QED) is 0.789. The van der Waals surface area contributed by atoms with E-state index in [9.17, 15) is 9.59 Å². The molecule has 0 aromatic heterocycles. The van der Waals surface area contributed by atoms with Crippen molar-refractivity contribution >= 4 is 35.1 Å². The van der Waals surface area contributed by atoms with E-state index in [0.717, 1.165) is 0 Å². The lowest BCUT2D eigenvalue weighted by Gasteiger charge is -2.32. The van der Waals surface area contributed by atoms with Crippen LogP contribution in [0, 0.1) is 5.92 Å². The Labute approximate surface area is 140 Å². The van der Waals surface area contributed by atoms with Gasteiger partial charge >= 0.3 is 5.97 Å². The summed E-state index contributed by atoms with van der Waals surface area (Å²) in [6, 6.07) is 5.22. The zero-order valence-electron chi connectivity index (χ0n) is 12.6. The minimum absolute atomic E-state index is 0.0154. The summed E-state index contributed by atoms with van der Waals surface area (Å²) in [6.45, 7) is 2.90. The Morgan fingerprint density at radius 3 is 2.27 bits per heavy atom. The van der Waals surface area contributed by atoms with Gasteiger partial charge in [0, 0.05) is 28.7 Å². The second-order valence-electron chi connectivity index (χ2n) is 5.48. The van der Waals surface area contributed by atoms with E-state index < -0.39 is 5.92 Å². The highest BCUT2D eigenvalue weighted by Crippen LogP contribution is 2.33. The first-order valence-corrected chi connectivity index (χ1v) is 8.01. The van der Waals surface area contributed by atoms with Crippen molar-refractivity contribution in [2.75, 3.05) is 20.2 Å². The van der Waals surface area contributed by atoms with Crippen LogP contribution in [0.4, 0.5) is 0 Å². The number of nitrogens with zero attached hydrogens (tertiary/aromatic N) is 1. The van der Waals surface area contributed by atoms with Crippen LogP contribution in [0.2, 0.25) is 10.0 Å². The van der Waals surface area contributed by atoms with Gasteiger partial charge in [0.05, 0.1) is 18.9 Å². The van der Waals surface area contributed by atoms with Gasteiger partial charge < -0.3 is 9.64 Å². The minimum Gasteiger partial charge on any atom is -0.469 e. The van der Waals surface area contributed by atoms with Crippen molar-refractivity contribution in [3.05, 3.63) is 33.8 Å². The van der Waals surface area contributed by atoms with Crippen LogP contribution in [-0.4, -0.2) is 37.0 Å². The maximum Gasteiger partial charge on any atom is 0.308 e. The Morgan fingerprint density at radius 1 is 1.23 bits per heavy atom. The molecule has 0 aliphatic carbocycles. The topological polar surface area (TPSA) is 46.6 Å². The molecule has 1 heterocycles. The lowest BCUT2D eigenvalue weighted by atomic mass is 9.94. The summed E-state index contributed by atoms with van der Waals surface area (Å²) in [5.41, 5.74) is 0.658. The molecule has 120 valence electrons. The van der Waals surface area contributed by atoms with E-state index in [1.807, 2.05) is 6.92 Å². The van der Waals surface area contributed by atoms with E-state index in [1.165, 1.54) is 7.11 Å². The number of benzene rings is 1. The van der Waals surface area contributed by atoms with Crippen LogP contribution in [-0.2, 0) is 14.3 Å². The van der Waals surface area contributed by atoms with Gasteiger partial charge in [-0.3, -0.25) is 9.59 Å². The average molecular weight is 344 g/mol. The molecule has 0 N–H and O–H groups in total. The molecule has 4 nitrogen and oxygen atoms in total. The van der Waals surface area contributed by atoms with Crippen molar-refractivity contribution in [1.82, 2.24) is 4.90 Å². The maximum atomic E-state index is 12.6. The van der Waals surface area contributed by atoms with Crippen LogP contribution in [0.1, 0.15) is 31.2 Å². The van der Waals surface area contributed by atoms with Gasteiger partial charge in [-0.2, -0.15) is 0 Å². The van der Waals surface area contributed by atoms with Gasteiger partial charge in [-0.15, -0.1) is 0 Å². The van der Waals surface area contributed by atoms with Gasteiger partial charge in [-0.25, -0.2) is 0 Å². The highest BCUT2D eigenvalue weighted by molar-refractivity contribution is 6.36. The summed E-state index contributed by atoms with van der Waals surface area (Å²) in [4.78, 5) is 25.9. The van der Waals surface area contributed by atoms with E-state index in [1.54, 1.807) is 23.1 Å². The van der Waals surface area contributed by atoms with Crippen molar-refractivity contribution in [1.29, 1.82) is 0 Å². The molecule has 1 saturated heterocycles. The molecule has 1 aliphatic heterocycles. The molecule has 1 atom stereocenters. The zero-order valence-corrected chi connectivity index (χ0v) is 14.2. The fourth-order valence-corrected chi connectivity index (χ4v) is 3.55. The smallest absolute Gasteiger partial charge is 0.308 e. The third kappa shape index (κ3) is 3.55. The number of hydrogen-bond acceptors (Lipinski definition) is 3. The van der Waals surface area contributed by atoms with Crippen LogP contribution in [0.25, 0.3) is 0 Å². The molecule has 0 bridgehead atoms. The number of halogens is 2. The zero-order chi connectivity index (χ0) is 16.3. The number of carbonyl (C=O) groups excluding carboxylic acids is 2. The van der Waals surface area contributed by atoms with Crippen molar-refractivity contribution in [3.8, 4) is 0 Å². The number of rotatable bonds is 3. The lowest BCUT2D eigenvalue weighted by molar-refractivity contribution is -0.149. The first kappa shape index (κ1) is 17.1. The average Bonchev–Trinajstić information content (AvgIpc) is 2.53. The van der Waals surface area contributed by atoms with E-state index >= 15 is 0 Å². The summed E-state index contributed by atoms with van der Waals surface area (Å²) >= 11 is 12.3. The van der Waals surface area contributed by atoms with Crippen LogP contribution >= 0.6 is 23.2 Å². The first-order chi connectivity index (χ1) is 10.5. The van der Waals surface area contributed by atoms with E-state index in [2.05, 4.69) is 0 Å². The van der Waals surface area contributed by atoms with Gasteiger partial charge in [0.15, 0.2) is 0 Å². The molecule has 22 heavy (non-hydrogen) atoms. The molecule has 1 fully saturated rings. The third-order valence-electron chi connectivity index (χ3n) is 4.14. The Hall–Kier alpha value is -1.26. The second kappa shape index (κ2) is 7.34. The van der Waals surface area contributed by atoms with Gasteiger partial charge in [0.1, 0.15) is 0 Å². The number of amides is 1. The Morgan fingerprint density at radius 2 is 1.77 bits per heavy atom. The van der Waals surface area contributed by atoms with Crippen molar-refractivity contribution in [3.63, 3.8) is 0 Å². The molecule has 1 unspecified atom stereocenters. The SMILES string of the molecule is COC(=O)C1CCN(C(=O)C(C)c2c(Cl)cccc2Cl)CC1. The van der Waals surface area contributed by atoms with Crippen molar-refractivity contribution in [2.24, 2.45) is 5.92 Å². The maximum absolute atomic E-state index is 12.6. The number of piperidine rings is 1. The van der Waals surface area contributed by atoms with Crippen molar-refractivity contribution in [2.45, 2.75) is 25.7 Å². The van der Waals surface area contributed by atoms with Crippen molar-refractivity contribution < 1.29 is 14.3 Å². The molecule has 2 rings (SSSR count). The minimum atomic E-state index is -0.407. The highest BCUT2D eigenvalue weighted by Gasteiger charge is 2.31. The molecule has 0 spiro atoms. The standard InChI is InChI=1S/C16H19Cl2NO3/c1-10(14-12(17)4-3-5-13(14)18)15(20)19-8-6-11(7-9-19)16(21)22-2/h3-5,10-11H,6-9H2,1-2H3. The number of hydrogen-bond donors (Lipinski definition) is 0. The second-order valence-corrected chi connectivity index (χ2v) is 6.29. The van der Waals surface area contributed by atoms with E-state index in [0.29, 0.717) is 41.5 Å². The molecule has 1 amide bonds. The molecular formula is C16H19Cl2NO3. The summed E-state index contributed by atoms with van der Waals surface area (Å²) in [5, 5.41) is 0.996. The Balaban J connectivity index is 2.05. The van der Waals surface area contributed by atoms with Gasteiger partial charge in [-0.1, -0.05) is 29.3 Å². The van der Waals surface area contributed by atoms with Crippen LogP contribution in [0.15, 0.2) is 18.2 Å². The number of esters is 1. The molecule has 0 saturated carbocycles. The summed E-state index contributed by atoms with van der Waals surface area (Å²) in [7, 11) is 1.39. The number of carbonyl (C=O) groups is 2. The number of ether oxygens (including phenoxy) is 1. The number of likely N-dealkylation sites (tertiary alicyclic amines) is 1. The van der Waals surface area contributed by atoms with Crippen LogP contribution in [0.3, 0.4) is 0 Å². The van der Waals surface area contributed by atoms with Gasteiger partial charge in [-0.05, 0) is 31.9 Å². The predicted molar refractivity (Wildman–Crippen MR) is 86.2 cm³/mol. The van der Waals surface area contributed by atoms with Crippen LogP contribution in [0.5, 0.6) is 0 Å². The highest BCUT2D eigenvalue weighted by atomic mass is 35.5. The number of methoxy groups -OCH3 is 1. The Kier molecular flexibility index (Phi) is 5.70. The molecule has 0 radical (unpaired) electrons. The fraction of sp³-hybridized carbons (Fsp3) is 0.500. The largest absolute Gasteiger partial charge is 0.469 e. The lowest BCUT2D eigenvalue weighted by Crippen LogP contribution is -2.42. The molecular weight excluding hydrogens is 325 g/mol. The summed E-state index contributed by atoms with van der Waals surface area (Å²) < 4.78 is 4.76. The Bertz CT molecular complexity index is 548. The molecule has 1 aromatic carbocycles. The third-order valence-corrected chi connectivity index (χ3v) is 4.80. The van der Waals surface area contributed by atoms with Crippen LogP contribution < -0.4 is 0 Å². The first-order valence-electron chi connectivity index (χ1n) is 7.26. The monoisotopic (exact) mass is 343 g/mol. The van der Waals surface area contributed by atoms with Gasteiger partial charge in [0.25, 0.3) is 0 Å². The molecule has 6 heteroatoms. The molecule has 1 aliphatic rings. The molecule has 1 aromatic rings. The fourth-order valence-electron chi connectivity index (χ4n) is 2.82. The normalized spacial score (nSPS) is 17.2. The van der Waals surface area contributed by atoms with E-state index in [4.69, 9.17) is 27.9 Å². The van der Waals surface area contributed by atoms with E-state index in [-0.39, 0.29) is 17.8 Å². The summed E-state index contributed by atoms with van der Waals surface area (Å²) in [5.74, 6) is -0.739.